The number of sulfonamides is 1. The lowest BCUT2D eigenvalue weighted by atomic mass is 10.3. The number of nitrogen functional groups attached to an aromatic ring is 1. The molecule has 1 aliphatic rings. The summed E-state index contributed by atoms with van der Waals surface area (Å²) in [5.74, 6) is 0.874. The number of nitrogens with two attached hydrogens (primary N) is 1. The molecule has 1 aromatic carbocycles. The second-order valence-corrected chi connectivity index (χ2v) is 7.13. The van der Waals surface area contributed by atoms with Crippen molar-refractivity contribution in [2.75, 3.05) is 30.3 Å². The summed E-state index contributed by atoms with van der Waals surface area (Å²) in [4.78, 5) is -0.392. The molecule has 2 rings (SSSR count). The predicted molar refractivity (Wildman–Crippen MR) is 71.5 cm³/mol. The topological polar surface area (TPSA) is 63.4 Å². The molecule has 2 N–H and O–H groups in total. The lowest BCUT2D eigenvalue weighted by Gasteiger charge is -2.20. The van der Waals surface area contributed by atoms with Crippen LogP contribution in [0.1, 0.15) is 6.42 Å². The van der Waals surface area contributed by atoms with E-state index in [1.54, 1.807) is 11.8 Å². The largest absolute Gasteiger partial charge is 0.398 e. The summed E-state index contributed by atoms with van der Waals surface area (Å²) < 4.78 is 39.8. The molecule has 0 aromatic heterocycles. The first-order chi connectivity index (χ1) is 8.53. The summed E-state index contributed by atoms with van der Waals surface area (Å²) in [6.07, 6.45) is 0.776. The zero-order valence-electron chi connectivity index (χ0n) is 9.80. The fourth-order valence-corrected chi connectivity index (χ4v) is 4.53. The summed E-state index contributed by atoms with van der Waals surface area (Å²) in [6.45, 7) is 0.823. The second-order valence-electron chi connectivity index (χ2n) is 4.03. The third-order valence-corrected chi connectivity index (χ3v) is 5.82. The Morgan fingerprint density at radius 1 is 1.28 bits per heavy atom. The molecular formula is C11H15FN2O2S2. The molecule has 0 aliphatic carbocycles. The Balaban J connectivity index is 2.41. The molecule has 1 fully saturated rings. The molecule has 0 amide bonds. The van der Waals surface area contributed by atoms with E-state index >= 15 is 0 Å². The average Bonchev–Trinajstić information content (AvgIpc) is 2.57. The number of nitrogens with zero attached hydrogens (tertiary/aromatic N) is 1. The van der Waals surface area contributed by atoms with E-state index in [0.717, 1.165) is 24.0 Å². The molecule has 1 saturated heterocycles. The van der Waals surface area contributed by atoms with Gasteiger partial charge in [0.2, 0.25) is 10.0 Å². The van der Waals surface area contributed by atoms with Gasteiger partial charge in [0, 0.05) is 18.8 Å². The highest BCUT2D eigenvalue weighted by molar-refractivity contribution is 7.99. The summed E-state index contributed by atoms with van der Waals surface area (Å²) in [5.41, 5.74) is 5.57. The number of rotatable bonds is 2. The smallest absolute Gasteiger partial charge is 0.248 e. The lowest BCUT2D eigenvalue weighted by molar-refractivity contribution is 0.431. The maximum Gasteiger partial charge on any atom is 0.248 e. The van der Waals surface area contributed by atoms with E-state index in [1.165, 1.54) is 16.4 Å². The number of benzene rings is 1. The van der Waals surface area contributed by atoms with Crippen LogP contribution in [0.4, 0.5) is 10.1 Å². The van der Waals surface area contributed by atoms with Crippen LogP contribution >= 0.6 is 11.8 Å². The normalized spacial score (nSPS) is 18.5. The summed E-state index contributed by atoms with van der Waals surface area (Å²) in [5, 5.41) is 0. The molecular weight excluding hydrogens is 275 g/mol. The van der Waals surface area contributed by atoms with Gasteiger partial charge in [-0.15, -0.1) is 0 Å². The third-order valence-electron chi connectivity index (χ3n) is 2.78. The van der Waals surface area contributed by atoms with Gasteiger partial charge in [-0.2, -0.15) is 16.1 Å². The fraction of sp³-hybridized carbons (Fsp3) is 0.455. The van der Waals surface area contributed by atoms with Crippen molar-refractivity contribution in [1.82, 2.24) is 4.31 Å². The molecule has 100 valence electrons. The van der Waals surface area contributed by atoms with Crippen molar-refractivity contribution in [3.05, 3.63) is 24.0 Å². The number of hydrogen-bond donors (Lipinski definition) is 1. The van der Waals surface area contributed by atoms with Crippen molar-refractivity contribution in [2.24, 2.45) is 0 Å². The number of anilines is 1. The summed E-state index contributed by atoms with van der Waals surface area (Å²) >= 11 is 1.71. The minimum atomic E-state index is -3.83. The Morgan fingerprint density at radius 3 is 2.78 bits per heavy atom. The Hall–Kier alpha value is -0.790. The van der Waals surface area contributed by atoms with Crippen molar-refractivity contribution in [3.63, 3.8) is 0 Å². The van der Waals surface area contributed by atoms with E-state index in [0.29, 0.717) is 13.1 Å². The molecule has 0 bridgehead atoms. The van der Waals surface area contributed by atoms with Crippen LogP contribution in [-0.2, 0) is 10.0 Å². The first-order valence-corrected chi connectivity index (χ1v) is 8.25. The standard InChI is InChI=1S/C11H15FN2O2S2/c12-9-3-1-4-10(13)11(9)18(15,16)14-5-2-7-17-8-6-14/h1,3-4H,2,5-8,13H2. The lowest BCUT2D eigenvalue weighted by Crippen LogP contribution is -2.34. The molecule has 1 aromatic rings. The highest BCUT2D eigenvalue weighted by Crippen LogP contribution is 2.26. The summed E-state index contributed by atoms with van der Waals surface area (Å²) in [7, 11) is -3.83. The number of hydrogen-bond acceptors (Lipinski definition) is 4. The van der Waals surface area contributed by atoms with Crippen molar-refractivity contribution >= 4 is 27.5 Å². The highest BCUT2D eigenvalue weighted by Gasteiger charge is 2.29. The Bertz CT molecular complexity index is 506. The minimum absolute atomic E-state index is 0.0353. The molecule has 0 saturated carbocycles. The Labute approximate surface area is 110 Å². The van der Waals surface area contributed by atoms with Crippen LogP contribution in [0.5, 0.6) is 0 Å². The number of thioether (sulfide) groups is 1. The molecule has 0 spiro atoms. The van der Waals surface area contributed by atoms with Gasteiger partial charge < -0.3 is 5.73 Å². The van der Waals surface area contributed by atoms with E-state index in [2.05, 4.69) is 0 Å². The molecule has 7 heteroatoms. The third kappa shape index (κ3) is 2.62. The van der Waals surface area contributed by atoms with Crippen LogP contribution in [0.15, 0.2) is 23.1 Å². The first kappa shape index (κ1) is 13.6. The van der Waals surface area contributed by atoms with Crippen LogP contribution in [-0.4, -0.2) is 37.3 Å². The Kier molecular flexibility index (Phi) is 4.14. The second kappa shape index (κ2) is 5.46. The van der Waals surface area contributed by atoms with Crippen molar-refractivity contribution in [2.45, 2.75) is 11.3 Å². The fourth-order valence-electron chi connectivity index (χ4n) is 1.89. The highest BCUT2D eigenvalue weighted by atomic mass is 32.2. The van der Waals surface area contributed by atoms with Gasteiger partial charge in [-0.3, -0.25) is 0 Å². The minimum Gasteiger partial charge on any atom is -0.398 e. The van der Waals surface area contributed by atoms with Gasteiger partial charge >= 0.3 is 0 Å². The molecule has 1 heterocycles. The van der Waals surface area contributed by atoms with Gasteiger partial charge in [-0.25, -0.2) is 12.8 Å². The van der Waals surface area contributed by atoms with Gasteiger partial charge in [-0.1, -0.05) is 6.07 Å². The molecule has 18 heavy (non-hydrogen) atoms. The van der Waals surface area contributed by atoms with Crippen LogP contribution in [0.2, 0.25) is 0 Å². The van der Waals surface area contributed by atoms with Crippen molar-refractivity contribution in [3.8, 4) is 0 Å². The molecule has 4 nitrogen and oxygen atoms in total. The van der Waals surface area contributed by atoms with Gasteiger partial charge in [0.05, 0.1) is 5.69 Å². The van der Waals surface area contributed by atoms with Crippen molar-refractivity contribution < 1.29 is 12.8 Å². The van der Waals surface area contributed by atoms with Crippen LogP contribution in [0, 0.1) is 5.82 Å². The number of halogens is 1. The first-order valence-electron chi connectivity index (χ1n) is 5.65. The van der Waals surface area contributed by atoms with Gasteiger partial charge in [0.1, 0.15) is 10.7 Å². The van der Waals surface area contributed by atoms with Crippen LogP contribution in [0.25, 0.3) is 0 Å². The van der Waals surface area contributed by atoms with Gasteiger partial charge in [-0.05, 0) is 24.3 Å². The average molecular weight is 290 g/mol. The van der Waals surface area contributed by atoms with E-state index < -0.39 is 20.7 Å². The van der Waals surface area contributed by atoms with E-state index in [4.69, 9.17) is 5.73 Å². The predicted octanol–water partition coefficient (Wildman–Crippen LogP) is 1.54. The SMILES string of the molecule is Nc1cccc(F)c1S(=O)(=O)N1CCCSCC1. The molecule has 0 unspecified atom stereocenters. The van der Waals surface area contributed by atoms with E-state index in [9.17, 15) is 12.8 Å². The summed E-state index contributed by atoms with van der Waals surface area (Å²) in [6, 6.07) is 3.93. The zero-order valence-corrected chi connectivity index (χ0v) is 11.4. The Morgan fingerprint density at radius 2 is 2.06 bits per heavy atom. The molecule has 0 atom stereocenters. The van der Waals surface area contributed by atoms with E-state index in [1.807, 2.05) is 0 Å². The van der Waals surface area contributed by atoms with Gasteiger partial charge in [0.25, 0.3) is 0 Å². The van der Waals surface area contributed by atoms with Crippen LogP contribution < -0.4 is 5.73 Å². The zero-order chi connectivity index (χ0) is 13.2. The van der Waals surface area contributed by atoms with Gasteiger partial charge in [0.15, 0.2) is 0 Å². The molecule has 0 radical (unpaired) electrons. The van der Waals surface area contributed by atoms with E-state index in [-0.39, 0.29) is 5.69 Å². The maximum absolute atomic E-state index is 13.7. The molecule has 1 aliphatic heterocycles. The van der Waals surface area contributed by atoms with Crippen molar-refractivity contribution in [1.29, 1.82) is 0 Å². The quantitative estimate of drug-likeness (QED) is 0.839. The maximum atomic E-state index is 13.7. The van der Waals surface area contributed by atoms with Crippen LogP contribution in [0.3, 0.4) is 0 Å². The monoisotopic (exact) mass is 290 g/mol.